The SMILES string of the molecule is O=C1CCCc2nc(NC(=O)C3CCN(c4ccc5cccc(O)c5n4)CC3)sc21. The Morgan fingerprint density at radius 3 is 2.77 bits per heavy atom. The first kappa shape index (κ1) is 19.0. The van der Waals surface area contributed by atoms with Gasteiger partial charge in [0, 0.05) is 30.8 Å². The molecule has 2 aliphatic rings. The summed E-state index contributed by atoms with van der Waals surface area (Å²) < 4.78 is 0. The summed E-state index contributed by atoms with van der Waals surface area (Å²) in [7, 11) is 0. The Morgan fingerprint density at radius 1 is 1.13 bits per heavy atom. The summed E-state index contributed by atoms with van der Waals surface area (Å²) >= 11 is 1.30. The minimum atomic E-state index is -0.0910. The molecule has 0 bridgehead atoms. The highest BCUT2D eigenvalue weighted by Gasteiger charge is 2.28. The number of carbonyl (C=O) groups excluding carboxylic acids is 2. The summed E-state index contributed by atoms with van der Waals surface area (Å²) in [6.45, 7) is 1.44. The number of ketones is 1. The summed E-state index contributed by atoms with van der Waals surface area (Å²) in [6, 6.07) is 9.28. The Labute approximate surface area is 177 Å². The van der Waals surface area contributed by atoms with Crippen LogP contribution >= 0.6 is 11.3 Å². The van der Waals surface area contributed by atoms with Crippen LogP contribution in [-0.4, -0.2) is 39.9 Å². The standard InChI is InChI=1S/C22H22N4O3S/c27-16-5-1-3-13-7-8-18(24-19(13)16)26-11-9-14(10-12-26)21(29)25-22-23-15-4-2-6-17(28)20(15)30-22/h1,3,5,7-8,14,27H,2,4,6,9-12H2,(H,23,25,29). The molecule has 0 radical (unpaired) electrons. The van der Waals surface area contributed by atoms with Crippen molar-refractivity contribution in [3.05, 3.63) is 40.9 Å². The molecule has 0 atom stereocenters. The minimum Gasteiger partial charge on any atom is -0.506 e. The van der Waals surface area contributed by atoms with Crippen molar-refractivity contribution in [2.75, 3.05) is 23.3 Å². The highest BCUT2D eigenvalue weighted by atomic mass is 32.1. The molecule has 2 N–H and O–H groups in total. The molecule has 2 aromatic heterocycles. The largest absolute Gasteiger partial charge is 0.506 e. The van der Waals surface area contributed by atoms with Crippen LogP contribution in [0.15, 0.2) is 30.3 Å². The number of carbonyl (C=O) groups is 2. The Kier molecular flexibility index (Phi) is 4.86. The number of fused-ring (bicyclic) bond motifs is 2. The molecule has 1 saturated heterocycles. The molecule has 1 aliphatic heterocycles. The average molecular weight is 423 g/mol. The predicted molar refractivity (Wildman–Crippen MR) is 116 cm³/mol. The zero-order valence-corrected chi connectivity index (χ0v) is 17.2. The zero-order valence-electron chi connectivity index (χ0n) is 16.4. The van der Waals surface area contributed by atoms with Crippen LogP contribution in [0.3, 0.4) is 0 Å². The number of piperidine rings is 1. The Balaban J connectivity index is 1.23. The van der Waals surface area contributed by atoms with Gasteiger partial charge in [0.15, 0.2) is 10.9 Å². The van der Waals surface area contributed by atoms with E-state index in [0.29, 0.717) is 21.9 Å². The second-order valence-electron chi connectivity index (χ2n) is 7.84. The number of rotatable bonds is 3. The third kappa shape index (κ3) is 3.52. The summed E-state index contributed by atoms with van der Waals surface area (Å²) in [5, 5.41) is 14.4. The highest BCUT2D eigenvalue weighted by Crippen LogP contribution is 2.31. The topological polar surface area (TPSA) is 95.4 Å². The van der Waals surface area contributed by atoms with Crippen molar-refractivity contribution in [1.29, 1.82) is 0 Å². The van der Waals surface area contributed by atoms with Crippen LogP contribution < -0.4 is 10.2 Å². The van der Waals surface area contributed by atoms with Crippen molar-refractivity contribution in [2.24, 2.45) is 5.92 Å². The van der Waals surface area contributed by atoms with Crippen LogP contribution in [0.25, 0.3) is 10.9 Å². The number of benzene rings is 1. The molecule has 3 aromatic rings. The lowest BCUT2D eigenvalue weighted by molar-refractivity contribution is -0.120. The van der Waals surface area contributed by atoms with Gasteiger partial charge in [0.2, 0.25) is 5.91 Å². The highest BCUT2D eigenvalue weighted by molar-refractivity contribution is 7.17. The van der Waals surface area contributed by atoms with Crippen LogP contribution in [0.4, 0.5) is 10.9 Å². The number of amides is 1. The molecule has 5 rings (SSSR count). The maximum absolute atomic E-state index is 12.7. The number of phenolic OH excluding ortho intramolecular Hbond substituents is 1. The van der Waals surface area contributed by atoms with Gasteiger partial charge in [-0.2, -0.15) is 0 Å². The van der Waals surface area contributed by atoms with Crippen LogP contribution in [0, 0.1) is 5.92 Å². The van der Waals surface area contributed by atoms with Gasteiger partial charge in [-0.05, 0) is 43.9 Å². The number of hydrogen-bond acceptors (Lipinski definition) is 7. The van der Waals surface area contributed by atoms with Crippen LogP contribution in [0.5, 0.6) is 5.75 Å². The molecule has 7 nitrogen and oxygen atoms in total. The minimum absolute atomic E-state index is 0.0303. The third-order valence-electron chi connectivity index (χ3n) is 5.87. The van der Waals surface area contributed by atoms with Crippen molar-refractivity contribution in [3.63, 3.8) is 0 Å². The van der Waals surface area contributed by atoms with Gasteiger partial charge in [-0.15, -0.1) is 0 Å². The van der Waals surface area contributed by atoms with Crippen molar-refractivity contribution in [1.82, 2.24) is 9.97 Å². The first-order valence-corrected chi connectivity index (χ1v) is 11.1. The van der Waals surface area contributed by atoms with Crippen molar-refractivity contribution >= 4 is 44.9 Å². The molecule has 30 heavy (non-hydrogen) atoms. The van der Waals surface area contributed by atoms with Crippen LogP contribution in [-0.2, 0) is 11.2 Å². The quantitative estimate of drug-likeness (QED) is 0.667. The maximum Gasteiger partial charge on any atom is 0.229 e. The smallest absolute Gasteiger partial charge is 0.229 e. The fraction of sp³-hybridized carbons (Fsp3) is 0.364. The number of pyridine rings is 1. The number of para-hydroxylation sites is 1. The van der Waals surface area contributed by atoms with E-state index in [2.05, 4.69) is 20.2 Å². The molecule has 3 heterocycles. The van der Waals surface area contributed by atoms with Crippen molar-refractivity contribution < 1.29 is 14.7 Å². The molecule has 1 aliphatic carbocycles. The van der Waals surface area contributed by atoms with Gasteiger partial charge < -0.3 is 15.3 Å². The Bertz CT molecular complexity index is 1130. The van der Waals surface area contributed by atoms with Crippen LogP contribution in [0.1, 0.15) is 41.0 Å². The van der Waals surface area contributed by atoms with Gasteiger partial charge in [0.1, 0.15) is 17.1 Å². The van der Waals surface area contributed by atoms with Gasteiger partial charge in [-0.1, -0.05) is 23.5 Å². The van der Waals surface area contributed by atoms with Gasteiger partial charge in [0.05, 0.1) is 10.6 Å². The van der Waals surface area contributed by atoms with E-state index in [1.165, 1.54) is 11.3 Å². The Hall–Kier alpha value is -3.00. The number of nitrogens with zero attached hydrogens (tertiary/aromatic N) is 3. The normalized spacial score (nSPS) is 17.2. The third-order valence-corrected chi connectivity index (χ3v) is 6.93. The van der Waals surface area contributed by atoms with E-state index in [-0.39, 0.29) is 23.4 Å². The molecule has 0 spiro atoms. The maximum atomic E-state index is 12.7. The van der Waals surface area contributed by atoms with E-state index in [1.54, 1.807) is 12.1 Å². The van der Waals surface area contributed by atoms with E-state index in [4.69, 9.17) is 0 Å². The van der Waals surface area contributed by atoms with Gasteiger partial charge in [0.25, 0.3) is 0 Å². The van der Waals surface area contributed by atoms with E-state index in [1.807, 2.05) is 18.2 Å². The van der Waals surface area contributed by atoms with Gasteiger partial charge in [-0.25, -0.2) is 9.97 Å². The van der Waals surface area contributed by atoms with Crippen LogP contribution in [0.2, 0.25) is 0 Å². The first-order valence-electron chi connectivity index (χ1n) is 10.3. The second-order valence-corrected chi connectivity index (χ2v) is 8.84. The monoisotopic (exact) mass is 422 g/mol. The lowest BCUT2D eigenvalue weighted by Crippen LogP contribution is -2.38. The molecular weight excluding hydrogens is 400 g/mol. The van der Waals surface area contributed by atoms with E-state index in [9.17, 15) is 14.7 Å². The summed E-state index contributed by atoms with van der Waals surface area (Å²) in [6.07, 6.45) is 3.65. The number of hydrogen-bond donors (Lipinski definition) is 2. The predicted octanol–water partition coefficient (Wildman–Crippen LogP) is 3.77. The first-order chi connectivity index (χ1) is 14.6. The number of phenols is 1. The van der Waals surface area contributed by atoms with E-state index in [0.717, 1.165) is 55.7 Å². The second kappa shape index (κ2) is 7.68. The van der Waals surface area contributed by atoms with E-state index < -0.39 is 0 Å². The summed E-state index contributed by atoms with van der Waals surface area (Å²) in [5.41, 5.74) is 1.42. The van der Waals surface area contributed by atoms with Crippen molar-refractivity contribution in [2.45, 2.75) is 32.1 Å². The Morgan fingerprint density at radius 2 is 1.97 bits per heavy atom. The summed E-state index contributed by atoms with van der Waals surface area (Å²) in [4.78, 5) is 36.6. The number of anilines is 2. The molecule has 1 amide bonds. The molecule has 0 saturated carbocycles. The number of aryl methyl sites for hydroxylation is 1. The lowest BCUT2D eigenvalue weighted by Gasteiger charge is -2.32. The van der Waals surface area contributed by atoms with Crippen molar-refractivity contribution in [3.8, 4) is 5.75 Å². The summed E-state index contributed by atoms with van der Waals surface area (Å²) in [5.74, 6) is 1.00. The molecule has 8 heteroatoms. The zero-order chi connectivity index (χ0) is 20.7. The number of nitrogens with one attached hydrogen (secondary N) is 1. The molecule has 154 valence electrons. The fourth-order valence-corrected chi connectivity index (χ4v) is 5.18. The lowest BCUT2D eigenvalue weighted by atomic mass is 9.96. The fourth-order valence-electron chi connectivity index (χ4n) is 4.20. The number of thiazole rings is 1. The molecule has 1 aromatic carbocycles. The van der Waals surface area contributed by atoms with Gasteiger partial charge in [-0.3, -0.25) is 9.59 Å². The number of Topliss-reactive ketones (excluding diaryl/α,β-unsaturated/α-hetero) is 1. The molecular formula is C22H22N4O3S. The van der Waals surface area contributed by atoms with E-state index >= 15 is 0 Å². The number of aromatic nitrogens is 2. The molecule has 0 unspecified atom stereocenters. The number of aromatic hydroxyl groups is 1. The van der Waals surface area contributed by atoms with Gasteiger partial charge >= 0.3 is 0 Å². The average Bonchev–Trinajstić information content (AvgIpc) is 3.18. The molecule has 1 fully saturated rings.